The minimum absolute atomic E-state index is 0.00524. The van der Waals surface area contributed by atoms with Gasteiger partial charge in [0, 0.05) is 53.6 Å². The molecule has 0 bridgehead atoms. The first-order valence-electron chi connectivity index (χ1n) is 16.4. The van der Waals surface area contributed by atoms with Crippen LogP contribution in [0.25, 0.3) is 32.9 Å². The Morgan fingerprint density at radius 1 is 0.611 bits per heavy atom. The van der Waals surface area contributed by atoms with Gasteiger partial charge in [0.15, 0.2) is 16.7 Å². The molecule has 18 heteroatoms. The summed E-state index contributed by atoms with van der Waals surface area (Å²) in [5.41, 5.74) is 3.46. The van der Waals surface area contributed by atoms with Crippen LogP contribution in [0.5, 0.6) is 17.2 Å². The molecule has 0 fully saturated rings. The maximum absolute atomic E-state index is 11.3. The molecule has 0 amide bonds. The molecule has 3 aromatic carbocycles. The van der Waals surface area contributed by atoms with Crippen LogP contribution in [0.1, 0.15) is 50.2 Å². The van der Waals surface area contributed by atoms with Gasteiger partial charge in [-0.1, -0.05) is 50.3 Å². The minimum Gasteiger partial charge on any atom is -0.506 e. The van der Waals surface area contributed by atoms with Crippen LogP contribution in [0.3, 0.4) is 0 Å². The van der Waals surface area contributed by atoms with Gasteiger partial charge in [0.25, 0.3) is 0 Å². The Hall–Kier alpha value is -5.25. The maximum atomic E-state index is 11.3. The lowest BCUT2D eigenvalue weighted by atomic mass is 10.1. The van der Waals surface area contributed by atoms with Crippen molar-refractivity contribution >= 4 is 85.6 Å². The lowest BCUT2D eigenvalue weighted by Crippen LogP contribution is -2.05. The lowest BCUT2D eigenvalue weighted by Gasteiger charge is -2.02. The van der Waals surface area contributed by atoms with Crippen molar-refractivity contribution in [2.45, 2.75) is 52.4 Å². The van der Waals surface area contributed by atoms with Crippen molar-refractivity contribution in [1.29, 1.82) is 0 Å². The molecule has 15 nitrogen and oxygen atoms in total. The summed E-state index contributed by atoms with van der Waals surface area (Å²) in [5, 5.41) is 33.0. The smallest absolute Gasteiger partial charge is 0.306 e. The summed E-state index contributed by atoms with van der Waals surface area (Å²) >= 11 is 17.9. The monoisotopic (exact) mass is 807 g/mol. The molecule has 0 aliphatic rings. The molecular weight excluding hydrogens is 773 g/mol. The summed E-state index contributed by atoms with van der Waals surface area (Å²) in [7, 11) is 3.04. The maximum Gasteiger partial charge on any atom is 0.306 e. The Balaban J connectivity index is 0.000000181. The predicted molar refractivity (Wildman–Crippen MR) is 198 cm³/mol. The molecule has 0 saturated carbocycles. The number of hydrogen-bond donors (Lipinski definition) is 2. The molecular formula is C36H36Cl3N3O12. The van der Waals surface area contributed by atoms with E-state index in [1.165, 1.54) is 20.3 Å². The molecule has 0 saturated heterocycles. The van der Waals surface area contributed by atoms with Crippen molar-refractivity contribution in [2.75, 3.05) is 27.4 Å². The second-order valence-electron chi connectivity index (χ2n) is 11.2. The van der Waals surface area contributed by atoms with Crippen LogP contribution in [0.15, 0.2) is 50.0 Å². The average Bonchev–Trinajstić information content (AvgIpc) is 3.85. The third-order valence-corrected chi connectivity index (χ3v) is 8.46. The number of aromatic hydroxyl groups is 1. The van der Waals surface area contributed by atoms with Gasteiger partial charge >= 0.3 is 17.9 Å². The van der Waals surface area contributed by atoms with E-state index in [1.807, 2.05) is 0 Å². The zero-order valence-electron chi connectivity index (χ0n) is 29.6. The van der Waals surface area contributed by atoms with Crippen molar-refractivity contribution in [2.24, 2.45) is 0 Å². The number of phenolic OH excluding ortho intramolecular Hbond substituents is 1. The van der Waals surface area contributed by atoms with Crippen LogP contribution >= 0.6 is 34.8 Å². The van der Waals surface area contributed by atoms with Gasteiger partial charge < -0.3 is 42.7 Å². The number of aryl methyl sites for hydroxylation is 3. The molecule has 0 aliphatic carbocycles. The number of carbonyl (C=O) groups excluding carboxylic acids is 2. The second kappa shape index (κ2) is 19.7. The molecule has 288 valence electrons. The zero-order chi connectivity index (χ0) is 39.4. The van der Waals surface area contributed by atoms with Gasteiger partial charge in [-0.3, -0.25) is 14.4 Å². The summed E-state index contributed by atoms with van der Waals surface area (Å²) in [6.45, 7) is 4.26. The highest BCUT2D eigenvalue weighted by Gasteiger charge is 2.16. The van der Waals surface area contributed by atoms with Crippen molar-refractivity contribution in [3.05, 3.63) is 68.5 Å². The molecule has 3 aromatic heterocycles. The first-order chi connectivity index (χ1) is 25.9. The van der Waals surface area contributed by atoms with Gasteiger partial charge in [0.05, 0.1) is 78.8 Å². The summed E-state index contributed by atoms with van der Waals surface area (Å²) in [6.07, 6.45) is 1.67. The van der Waals surface area contributed by atoms with E-state index >= 15 is 0 Å². The zero-order valence-corrected chi connectivity index (χ0v) is 31.8. The number of carbonyl (C=O) groups is 3. The molecule has 0 atom stereocenters. The van der Waals surface area contributed by atoms with Crippen molar-refractivity contribution in [3.63, 3.8) is 0 Å². The molecule has 2 N–H and O–H groups in total. The van der Waals surface area contributed by atoms with E-state index in [0.717, 1.165) is 10.8 Å². The fourth-order valence-electron chi connectivity index (χ4n) is 4.96. The summed E-state index contributed by atoms with van der Waals surface area (Å²) in [4.78, 5) is 33.1. The highest BCUT2D eigenvalue weighted by atomic mass is 35.5. The Kier molecular flexibility index (Phi) is 15.2. The second-order valence-corrected chi connectivity index (χ2v) is 12.4. The topological polar surface area (TPSA) is 207 Å². The number of rotatable bonds is 13. The number of ether oxygens (including phenoxy) is 4. The van der Waals surface area contributed by atoms with Crippen LogP contribution in [0.2, 0.25) is 15.1 Å². The van der Waals surface area contributed by atoms with Crippen LogP contribution in [0, 0.1) is 0 Å². The van der Waals surface area contributed by atoms with Gasteiger partial charge in [0.1, 0.15) is 17.2 Å². The third kappa shape index (κ3) is 10.9. The van der Waals surface area contributed by atoms with E-state index in [0.29, 0.717) is 93.2 Å². The Morgan fingerprint density at radius 2 is 0.981 bits per heavy atom. The number of nitrogens with zero attached hydrogens (tertiary/aromatic N) is 3. The van der Waals surface area contributed by atoms with Gasteiger partial charge in [-0.25, -0.2) is 0 Å². The van der Waals surface area contributed by atoms with Crippen molar-refractivity contribution < 1.29 is 57.1 Å². The number of hydrogen-bond acceptors (Lipinski definition) is 14. The number of esters is 2. The number of methoxy groups -OCH3 is 2. The lowest BCUT2D eigenvalue weighted by molar-refractivity contribution is -0.144. The number of phenols is 1. The first kappa shape index (κ1) is 41.5. The average molecular weight is 809 g/mol. The van der Waals surface area contributed by atoms with Crippen LogP contribution in [-0.2, 0) is 43.1 Å². The van der Waals surface area contributed by atoms with Gasteiger partial charge in [-0.2, -0.15) is 0 Å². The summed E-state index contributed by atoms with van der Waals surface area (Å²) in [6, 6.07) is 9.69. The first-order valence-corrected chi connectivity index (χ1v) is 17.6. The Morgan fingerprint density at radius 3 is 1.35 bits per heavy atom. The van der Waals surface area contributed by atoms with Crippen molar-refractivity contribution in [3.8, 4) is 17.2 Å². The summed E-state index contributed by atoms with van der Waals surface area (Å²) < 4.78 is 35.2. The van der Waals surface area contributed by atoms with Gasteiger partial charge in [-0.15, -0.1) is 0 Å². The predicted octanol–water partition coefficient (Wildman–Crippen LogP) is 8.18. The quantitative estimate of drug-likeness (QED) is 0.106. The molecule has 0 unspecified atom stereocenters. The van der Waals surface area contributed by atoms with E-state index in [2.05, 4.69) is 15.5 Å². The Bertz CT molecular complexity index is 2230. The number of carboxylic acids is 1. The largest absolute Gasteiger partial charge is 0.506 e. The normalized spacial score (nSPS) is 10.7. The number of aromatic nitrogens is 3. The van der Waals surface area contributed by atoms with E-state index in [4.69, 9.17) is 72.4 Å². The number of fused-ring (bicyclic) bond motifs is 3. The third-order valence-electron chi connectivity index (χ3n) is 7.57. The highest BCUT2D eigenvalue weighted by molar-refractivity contribution is 6.33. The molecule has 6 rings (SSSR count). The molecule has 3 heterocycles. The SMILES string of the molecule is CCOC(=O)CCc1noc2cc(O)c(Cl)cc12.CCOC(=O)CCc1noc2cc(OC)c(Cl)cc12.COc1cc2onc(CCC(=O)O)c2cc1Cl. The van der Waals surface area contributed by atoms with E-state index < -0.39 is 5.97 Å². The number of carboxylic acid groups (broad SMARTS) is 1. The van der Waals surface area contributed by atoms with E-state index in [-0.39, 0.29) is 42.0 Å². The fraction of sp³-hybridized carbons (Fsp3) is 0.333. The van der Waals surface area contributed by atoms with E-state index in [9.17, 15) is 19.5 Å². The summed E-state index contributed by atoms with van der Waals surface area (Å²) in [5.74, 6) is -0.433. The Labute approximate surface area is 322 Å². The van der Waals surface area contributed by atoms with Crippen LogP contribution < -0.4 is 9.47 Å². The molecule has 0 radical (unpaired) electrons. The highest BCUT2D eigenvalue weighted by Crippen LogP contribution is 2.34. The molecule has 0 spiro atoms. The van der Waals surface area contributed by atoms with Gasteiger partial charge in [-0.05, 0) is 32.0 Å². The standard InChI is InChI=1S/C13H14ClNO4.C12H12ClNO4.C11H10ClNO4/c1-3-18-13(16)5-4-10-8-6-9(14)12(17-2)7-11(8)19-15-10;1-2-17-12(16)4-3-9-7-5-8(13)10(15)6-11(7)18-14-9;1-16-10-5-9-6(4-7(10)12)8(13-17-9)2-3-11(14)15/h6-7H,3-5H2,1-2H3;5-6,15H,2-4H2,1H3;4-5H,2-3H2,1H3,(H,14,15). The molecule has 0 aliphatic heterocycles. The van der Waals surface area contributed by atoms with Crippen molar-refractivity contribution in [1.82, 2.24) is 15.5 Å². The van der Waals surface area contributed by atoms with Gasteiger partial charge in [0.2, 0.25) is 0 Å². The van der Waals surface area contributed by atoms with Crippen LogP contribution in [-0.4, -0.2) is 71.0 Å². The molecule has 54 heavy (non-hydrogen) atoms. The fourth-order valence-corrected chi connectivity index (χ4v) is 5.61. The number of halogens is 3. The minimum atomic E-state index is -0.874. The number of aliphatic carboxylic acids is 1. The number of benzene rings is 3. The van der Waals surface area contributed by atoms with E-state index in [1.54, 1.807) is 44.2 Å². The molecule has 6 aromatic rings. The van der Waals surface area contributed by atoms with Crippen LogP contribution in [0.4, 0.5) is 0 Å².